The van der Waals surface area contributed by atoms with E-state index >= 15 is 0 Å². The van der Waals surface area contributed by atoms with E-state index < -0.39 is 0 Å². The number of thioether (sulfide) groups is 1. The molecule has 29 heavy (non-hydrogen) atoms. The SMILES string of the molecule is C=CCn1c(COc2ccc(Cl)cc2)nnc1SCC(=O)Nc1ccc(Cl)cc1. The first kappa shape index (κ1) is 21.2. The second kappa shape index (κ2) is 10.3. The molecular weight excluding hydrogens is 431 g/mol. The molecule has 2 aromatic carbocycles. The molecule has 0 atom stereocenters. The van der Waals surface area contributed by atoms with Crippen LogP contribution in [0.15, 0.2) is 66.3 Å². The number of amides is 1. The van der Waals surface area contributed by atoms with E-state index in [0.29, 0.717) is 39.0 Å². The number of allylic oxidation sites excluding steroid dienone is 1. The summed E-state index contributed by atoms with van der Waals surface area (Å²) in [5, 5.41) is 13.1. The fourth-order valence-electron chi connectivity index (χ4n) is 2.38. The highest BCUT2D eigenvalue weighted by Crippen LogP contribution is 2.21. The lowest BCUT2D eigenvalue weighted by atomic mass is 10.3. The molecule has 1 N–H and O–H groups in total. The minimum atomic E-state index is -0.149. The molecule has 0 aliphatic rings. The lowest BCUT2D eigenvalue weighted by Gasteiger charge is -2.09. The maximum Gasteiger partial charge on any atom is 0.234 e. The monoisotopic (exact) mass is 448 g/mol. The van der Waals surface area contributed by atoms with Crippen molar-refractivity contribution in [2.45, 2.75) is 18.3 Å². The molecule has 1 heterocycles. The number of rotatable bonds is 9. The number of hydrogen-bond acceptors (Lipinski definition) is 5. The number of aromatic nitrogens is 3. The highest BCUT2D eigenvalue weighted by molar-refractivity contribution is 7.99. The summed E-state index contributed by atoms with van der Waals surface area (Å²) in [6.07, 6.45) is 1.74. The van der Waals surface area contributed by atoms with Crippen LogP contribution in [0.25, 0.3) is 0 Å². The van der Waals surface area contributed by atoms with Crippen LogP contribution in [0.2, 0.25) is 10.0 Å². The molecule has 1 aromatic heterocycles. The third-order valence-corrected chi connectivity index (χ3v) is 5.22. The molecule has 3 aromatic rings. The van der Waals surface area contributed by atoms with Gasteiger partial charge in [-0.25, -0.2) is 0 Å². The van der Waals surface area contributed by atoms with Gasteiger partial charge in [0.1, 0.15) is 12.4 Å². The number of carbonyl (C=O) groups excluding carboxylic acids is 1. The number of nitrogens with zero attached hydrogens (tertiary/aromatic N) is 3. The highest BCUT2D eigenvalue weighted by Gasteiger charge is 2.14. The first-order valence-electron chi connectivity index (χ1n) is 8.64. The summed E-state index contributed by atoms with van der Waals surface area (Å²) in [6, 6.07) is 14.0. The Morgan fingerprint density at radius 2 is 1.76 bits per heavy atom. The number of benzene rings is 2. The van der Waals surface area contributed by atoms with Gasteiger partial charge in [-0.05, 0) is 48.5 Å². The quantitative estimate of drug-likeness (QED) is 0.365. The topological polar surface area (TPSA) is 69.0 Å². The van der Waals surface area contributed by atoms with Crippen molar-refractivity contribution in [3.63, 3.8) is 0 Å². The summed E-state index contributed by atoms with van der Waals surface area (Å²) in [6.45, 7) is 4.52. The Morgan fingerprint density at radius 1 is 1.10 bits per heavy atom. The molecule has 0 aliphatic heterocycles. The van der Waals surface area contributed by atoms with Crippen LogP contribution in [-0.4, -0.2) is 26.4 Å². The van der Waals surface area contributed by atoms with E-state index in [9.17, 15) is 4.79 Å². The molecule has 1 amide bonds. The molecule has 0 fully saturated rings. The number of nitrogens with one attached hydrogen (secondary N) is 1. The van der Waals surface area contributed by atoms with Gasteiger partial charge < -0.3 is 10.1 Å². The third-order valence-electron chi connectivity index (χ3n) is 3.75. The smallest absolute Gasteiger partial charge is 0.234 e. The summed E-state index contributed by atoms with van der Waals surface area (Å²) in [5.41, 5.74) is 0.685. The highest BCUT2D eigenvalue weighted by atomic mass is 35.5. The van der Waals surface area contributed by atoms with Crippen molar-refractivity contribution in [1.29, 1.82) is 0 Å². The molecule has 0 saturated carbocycles. The van der Waals surface area contributed by atoms with E-state index in [1.165, 1.54) is 11.8 Å². The fourth-order valence-corrected chi connectivity index (χ4v) is 3.40. The molecule has 0 aliphatic carbocycles. The van der Waals surface area contributed by atoms with E-state index in [2.05, 4.69) is 22.1 Å². The summed E-state index contributed by atoms with van der Waals surface area (Å²) >= 11 is 13.0. The van der Waals surface area contributed by atoms with Crippen molar-refractivity contribution in [2.24, 2.45) is 0 Å². The first-order valence-corrected chi connectivity index (χ1v) is 10.4. The fraction of sp³-hybridized carbons (Fsp3) is 0.150. The zero-order valence-electron chi connectivity index (χ0n) is 15.3. The largest absolute Gasteiger partial charge is 0.486 e. The summed E-state index contributed by atoms with van der Waals surface area (Å²) in [4.78, 5) is 12.2. The molecule has 9 heteroatoms. The number of hydrogen-bond donors (Lipinski definition) is 1. The van der Waals surface area contributed by atoms with Crippen LogP contribution >= 0.6 is 35.0 Å². The van der Waals surface area contributed by atoms with E-state index in [4.69, 9.17) is 27.9 Å². The van der Waals surface area contributed by atoms with Gasteiger partial charge in [0.2, 0.25) is 5.91 Å². The Bertz CT molecular complexity index is 975. The van der Waals surface area contributed by atoms with E-state index in [0.717, 1.165) is 0 Å². The zero-order valence-corrected chi connectivity index (χ0v) is 17.7. The first-order chi connectivity index (χ1) is 14.0. The Labute approximate surface area is 182 Å². The lowest BCUT2D eigenvalue weighted by Crippen LogP contribution is -2.15. The van der Waals surface area contributed by atoms with Gasteiger partial charge in [-0.3, -0.25) is 9.36 Å². The zero-order chi connectivity index (χ0) is 20.6. The molecule has 6 nitrogen and oxygen atoms in total. The van der Waals surface area contributed by atoms with Crippen LogP contribution in [0.5, 0.6) is 5.75 Å². The van der Waals surface area contributed by atoms with Crippen molar-refractivity contribution in [3.8, 4) is 5.75 Å². The van der Waals surface area contributed by atoms with Crippen molar-refractivity contribution in [3.05, 3.63) is 77.1 Å². The van der Waals surface area contributed by atoms with Crippen LogP contribution in [0.4, 0.5) is 5.69 Å². The number of halogens is 2. The van der Waals surface area contributed by atoms with Crippen molar-refractivity contribution >= 4 is 46.6 Å². The molecular formula is C20H18Cl2N4O2S. The van der Waals surface area contributed by atoms with Gasteiger partial charge in [-0.2, -0.15) is 0 Å². The molecule has 0 bridgehead atoms. The van der Waals surface area contributed by atoms with Crippen LogP contribution < -0.4 is 10.1 Å². The minimum absolute atomic E-state index is 0.149. The van der Waals surface area contributed by atoms with Crippen LogP contribution in [0.3, 0.4) is 0 Å². The molecule has 0 saturated heterocycles. The molecule has 0 unspecified atom stereocenters. The predicted octanol–water partition coefficient (Wildman–Crippen LogP) is 5.08. The van der Waals surface area contributed by atoms with Gasteiger partial charge in [-0.15, -0.1) is 16.8 Å². The summed E-state index contributed by atoms with van der Waals surface area (Å²) in [5.74, 6) is 1.36. The van der Waals surface area contributed by atoms with Crippen molar-refractivity contribution < 1.29 is 9.53 Å². The lowest BCUT2D eigenvalue weighted by molar-refractivity contribution is -0.113. The summed E-state index contributed by atoms with van der Waals surface area (Å²) < 4.78 is 7.61. The average Bonchev–Trinajstić information content (AvgIpc) is 3.10. The maximum absolute atomic E-state index is 12.2. The van der Waals surface area contributed by atoms with Gasteiger partial charge in [0.15, 0.2) is 11.0 Å². The standard InChI is InChI=1S/C20H18Cl2N4O2S/c1-2-11-26-18(12-28-17-9-5-15(22)6-10-17)24-25-20(26)29-13-19(27)23-16-7-3-14(21)4-8-16/h2-10H,1,11-13H2,(H,23,27). The molecule has 3 rings (SSSR count). The van der Waals surface area contributed by atoms with Gasteiger partial charge in [0, 0.05) is 22.3 Å². The molecule has 0 radical (unpaired) electrons. The van der Waals surface area contributed by atoms with Crippen LogP contribution in [0.1, 0.15) is 5.82 Å². The van der Waals surface area contributed by atoms with Crippen LogP contribution in [-0.2, 0) is 17.9 Å². The Kier molecular flexibility index (Phi) is 7.57. The van der Waals surface area contributed by atoms with E-state index in [1.54, 1.807) is 54.6 Å². The van der Waals surface area contributed by atoms with Crippen LogP contribution in [0, 0.1) is 0 Å². The third kappa shape index (κ3) is 6.25. The summed E-state index contributed by atoms with van der Waals surface area (Å²) in [7, 11) is 0. The van der Waals surface area contributed by atoms with Gasteiger partial charge in [-0.1, -0.05) is 41.0 Å². The molecule has 150 valence electrons. The maximum atomic E-state index is 12.2. The van der Waals surface area contributed by atoms with E-state index in [1.807, 2.05) is 4.57 Å². The van der Waals surface area contributed by atoms with Crippen molar-refractivity contribution in [1.82, 2.24) is 14.8 Å². The van der Waals surface area contributed by atoms with Gasteiger partial charge in [0.05, 0.1) is 5.75 Å². The Hall–Kier alpha value is -2.48. The second-order valence-corrected chi connectivity index (χ2v) is 7.70. The number of ether oxygens (including phenoxy) is 1. The predicted molar refractivity (Wildman–Crippen MR) is 117 cm³/mol. The minimum Gasteiger partial charge on any atom is -0.486 e. The normalized spacial score (nSPS) is 10.6. The molecule has 0 spiro atoms. The number of carbonyl (C=O) groups is 1. The number of anilines is 1. The van der Waals surface area contributed by atoms with E-state index in [-0.39, 0.29) is 18.3 Å². The Morgan fingerprint density at radius 3 is 2.41 bits per heavy atom. The van der Waals surface area contributed by atoms with Crippen molar-refractivity contribution in [2.75, 3.05) is 11.1 Å². The Balaban J connectivity index is 1.59. The van der Waals surface area contributed by atoms with Gasteiger partial charge >= 0.3 is 0 Å². The average molecular weight is 449 g/mol. The second-order valence-electron chi connectivity index (χ2n) is 5.88. The van der Waals surface area contributed by atoms with Gasteiger partial charge in [0.25, 0.3) is 0 Å².